The Morgan fingerprint density at radius 2 is 0.482 bits per heavy atom. The van der Waals surface area contributed by atoms with Gasteiger partial charge < -0.3 is 0 Å². The maximum absolute atomic E-state index is 2.40. The number of hydrogen-bond acceptors (Lipinski definition) is 2. The molecule has 0 spiro atoms. The van der Waals surface area contributed by atoms with Crippen LogP contribution in [0.5, 0.6) is 0 Å². The van der Waals surface area contributed by atoms with Gasteiger partial charge in [0, 0.05) is 40.3 Å². The third-order valence-corrected chi connectivity index (χ3v) is 14.0. The highest BCUT2D eigenvalue weighted by Gasteiger charge is 2.14. The standard InChI is InChI=1S/C54H32S2/c1-2-14-42-41(13-1)47-29-37(33-9-7-11-35(27-33)39-21-25-53-49(31-39)45-15-3-5-17-51(45)55-53)19-23-43(47)44-24-20-38(30-48(42)44)34-10-8-12-36(28-34)40-22-26-54-50(32-40)46-16-4-6-18-52(46)56-54/h1-32H. The van der Waals surface area contributed by atoms with Crippen molar-refractivity contribution in [2.24, 2.45) is 0 Å². The monoisotopic (exact) mass is 744 g/mol. The van der Waals surface area contributed by atoms with Gasteiger partial charge in [-0.2, -0.15) is 0 Å². The van der Waals surface area contributed by atoms with E-state index < -0.39 is 0 Å². The molecule has 2 heterocycles. The van der Waals surface area contributed by atoms with Gasteiger partial charge in [0.25, 0.3) is 0 Å². The summed E-state index contributed by atoms with van der Waals surface area (Å²) in [7, 11) is 0. The van der Waals surface area contributed by atoms with Crippen molar-refractivity contribution in [3.63, 3.8) is 0 Å². The summed E-state index contributed by atoms with van der Waals surface area (Å²) >= 11 is 3.74. The fraction of sp³-hybridized carbons (Fsp3) is 0. The molecule has 0 bridgehead atoms. The zero-order valence-corrected chi connectivity index (χ0v) is 31.9. The maximum Gasteiger partial charge on any atom is 0.0355 e. The van der Waals surface area contributed by atoms with Crippen molar-refractivity contribution < 1.29 is 0 Å². The van der Waals surface area contributed by atoms with E-state index >= 15 is 0 Å². The van der Waals surface area contributed by atoms with Crippen molar-refractivity contribution in [1.82, 2.24) is 0 Å². The van der Waals surface area contributed by atoms with Gasteiger partial charge in [-0.05, 0) is 137 Å². The van der Waals surface area contributed by atoms with E-state index in [1.807, 2.05) is 22.7 Å². The molecular weight excluding hydrogens is 713 g/mol. The molecule has 0 N–H and O–H groups in total. The van der Waals surface area contributed by atoms with Crippen LogP contribution in [0.2, 0.25) is 0 Å². The molecule has 0 amide bonds. The van der Waals surface area contributed by atoms with Crippen molar-refractivity contribution in [3.05, 3.63) is 194 Å². The maximum atomic E-state index is 2.40. The van der Waals surface area contributed by atoms with E-state index in [0.29, 0.717) is 0 Å². The molecule has 0 aliphatic heterocycles. The first-order valence-electron chi connectivity index (χ1n) is 19.1. The lowest BCUT2D eigenvalue weighted by Crippen LogP contribution is -1.87. The molecule has 260 valence electrons. The van der Waals surface area contributed by atoms with Crippen molar-refractivity contribution in [2.45, 2.75) is 0 Å². The summed E-state index contributed by atoms with van der Waals surface area (Å²) in [5, 5.41) is 13.0. The molecule has 0 nitrogen and oxygen atoms in total. The normalized spacial score (nSPS) is 11.9. The zero-order chi connectivity index (χ0) is 36.7. The van der Waals surface area contributed by atoms with Gasteiger partial charge in [-0.25, -0.2) is 0 Å². The summed E-state index contributed by atoms with van der Waals surface area (Å²) in [4.78, 5) is 0. The molecule has 56 heavy (non-hydrogen) atoms. The van der Waals surface area contributed by atoms with Gasteiger partial charge in [-0.1, -0.05) is 133 Å². The number of hydrogen-bond donors (Lipinski definition) is 0. The van der Waals surface area contributed by atoms with Crippen molar-refractivity contribution in [3.8, 4) is 44.5 Å². The second-order valence-electron chi connectivity index (χ2n) is 14.8. The van der Waals surface area contributed by atoms with Crippen molar-refractivity contribution >= 4 is 95.3 Å². The van der Waals surface area contributed by atoms with Crippen molar-refractivity contribution in [2.75, 3.05) is 0 Å². The molecule has 0 aliphatic carbocycles. The van der Waals surface area contributed by atoms with Crippen LogP contribution in [0, 0.1) is 0 Å². The molecule has 12 rings (SSSR count). The van der Waals surface area contributed by atoms with Gasteiger partial charge in [-0.3, -0.25) is 0 Å². The SMILES string of the molecule is c1cc(-c2ccc3sc4ccccc4c3c2)cc(-c2ccc3c4ccc(-c5cccc(-c6ccc7sc8ccccc8c7c6)c5)cc4c4ccccc4c3c2)c1. The van der Waals surface area contributed by atoms with E-state index in [1.165, 1.54) is 117 Å². The second kappa shape index (κ2) is 12.5. The minimum Gasteiger partial charge on any atom is -0.135 e. The summed E-state index contributed by atoms with van der Waals surface area (Å²) < 4.78 is 5.35. The van der Waals surface area contributed by atoms with Gasteiger partial charge in [0.15, 0.2) is 0 Å². The Hall–Kier alpha value is -6.58. The molecule has 0 unspecified atom stereocenters. The van der Waals surface area contributed by atoms with Crippen molar-refractivity contribution in [1.29, 1.82) is 0 Å². The summed E-state index contributed by atoms with van der Waals surface area (Å²) in [6.07, 6.45) is 0. The van der Waals surface area contributed by atoms with Gasteiger partial charge >= 0.3 is 0 Å². The number of thiophene rings is 2. The van der Waals surface area contributed by atoms with Gasteiger partial charge in [0.1, 0.15) is 0 Å². The predicted molar refractivity (Wildman–Crippen MR) is 246 cm³/mol. The molecule has 0 fully saturated rings. The van der Waals surface area contributed by atoms with Crippen LogP contribution in [0.1, 0.15) is 0 Å². The molecule has 0 radical (unpaired) electrons. The molecule has 10 aromatic carbocycles. The highest BCUT2D eigenvalue weighted by atomic mass is 32.1. The summed E-state index contributed by atoms with van der Waals surface area (Å²) in [5.74, 6) is 0. The van der Waals surface area contributed by atoms with E-state index in [0.717, 1.165) is 0 Å². The molecule has 2 heteroatoms. The zero-order valence-electron chi connectivity index (χ0n) is 30.3. The third-order valence-electron chi connectivity index (χ3n) is 11.6. The van der Waals surface area contributed by atoms with E-state index in [-0.39, 0.29) is 0 Å². The van der Waals surface area contributed by atoms with E-state index in [2.05, 4.69) is 194 Å². The van der Waals surface area contributed by atoms with Crippen LogP contribution in [-0.4, -0.2) is 0 Å². The Balaban J connectivity index is 0.944. The topological polar surface area (TPSA) is 0 Å². The van der Waals surface area contributed by atoms with E-state index in [1.54, 1.807) is 0 Å². The van der Waals surface area contributed by atoms with Crippen LogP contribution in [0.3, 0.4) is 0 Å². The van der Waals surface area contributed by atoms with Gasteiger partial charge in [0.05, 0.1) is 0 Å². The molecular formula is C54H32S2. The van der Waals surface area contributed by atoms with Gasteiger partial charge in [-0.15, -0.1) is 22.7 Å². The summed E-state index contributed by atoms with van der Waals surface area (Å²) in [6, 6.07) is 72.3. The molecule has 0 saturated heterocycles. The fourth-order valence-corrected chi connectivity index (χ4v) is 11.1. The lowest BCUT2D eigenvalue weighted by atomic mass is 9.89. The number of rotatable bonds is 4. The number of benzene rings is 10. The fourth-order valence-electron chi connectivity index (χ4n) is 8.88. The van der Waals surface area contributed by atoms with Crippen LogP contribution in [0.25, 0.3) is 117 Å². The van der Waals surface area contributed by atoms with Crippen LogP contribution < -0.4 is 0 Å². The Kier molecular flexibility index (Phi) is 7.07. The average molecular weight is 745 g/mol. The second-order valence-corrected chi connectivity index (χ2v) is 17.0. The van der Waals surface area contributed by atoms with Crippen LogP contribution in [-0.2, 0) is 0 Å². The van der Waals surface area contributed by atoms with E-state index in [9.17, 15) is 0 Å². The molecule has 0 atom stereocenters. The lowest BCUT2D eigenvalue weighted by Gasteiger charge is -2.14. The third kappa shape index (κ3) is 5.04. The quantitative estimate of drug-likeness (QED) is 0.157. The first-order chi connectivity index (χ1) is 27.7. The van der Waals surface area contributed by atoms with Gasteiger partial charge in [0.2, 0.25) is 0 Å². The van der Waals surface area contributed by atoms with Crippen LogP contribution in [0.4, 0.5) is 0 Å². The molecule has 0 saturated carbocycles. The van der Waals surface area contributed by atoms with E-state index in [4.69, 9.17) is 0 Å². The minimum absolute atomic E-state index is 1.23. The average Bonchev–Trinajstić information content (AvgIpc) is 3.84. The molecule has 2 aromatic heterocycles. The number of fused-ring (bicyclic) bond motifs is 12. The minimum atomic E-state index is 1.23. The largest absolute Gasteiger partial charge is 0.135 e. The smallest absolute Gasteiger partial charge is 0.0355 e. The summed E-state index contributed by atoms with van der Waals surface area (Å²) in [6.45, 7) is 0. The first-order valence-corrected chi connectivity index (χ1v) is 20.8. The Morgan fingerprint density at radius 1 is 0.179 bits per heavy atom. The highest BCUT2D eigenvalue weighted by molar-refractivity contribution is 7.26. The Labute approximate surface area is 332 Å². The lowest BCUT2D eigenvalue weighted by molar-refractivity contribution is 1.62. The Bertz CT molecular complexity index is 3290. The van der Waals surface area contributed by atoms with Crippen LogP contribution >= 0.6 is 22.7 Å². The molecule has 12 aromatic rings. The molecule has 0 aliphatic rings. The summed E-state index contributed by atoms with van der Waals surface area (Å²) in [5.41, 5.74) is 9.88. The Morgan fingerprint density at radius 3 is 0.911 bits per heavy atom. The van der Waals surface area contributed by atoms with Crippen LogP contribution in [0.15, 0.2) is 194 Å². The predicted octanol–water partition coefficient (Wildman–Crippen LogP) is 16.5. The first kappa shape index (κ1) is 31.7. The highest BCUT2D eigenvalue weighted by Crippen LogP contribution is 2.42.